The van der Waals surface area contributed by atoms with E-state index in [2.05, 4.69) is 6.07 Å². The minimum absolute atomic E-state index is 0.654. The molecule has 0 radical (unpaired) electrons. The van der Waals surface area contributed by atoms with E-state index in [-0.39, 0.29) is 0 Å². The Morgan fingerprint density at radius 2 is 1.65 bits per heavy atom. The lowest BCUT2D eigenvalue weighted by Gasteiger charge is -2.03. The monoisotopic (exact) mass is 255 g/mol. The fourth-order valence-electron chi connectivity index (χ4n) is 1.34. The molecule has 0 fully saturated rings. The van der Waals surface area contributed by atoms with E-state index >= 15 is 0 Å². The van der Waals surface area contributed by atoms with E-state index in [1.807, 2.05) is 42.5 Å². The summed E-state index contributed by atoms with van der Waals surface area (Å²) in [6.45, 7) is 0. The number of benzene rings is 2. The molecular formula is C14H9NS2. The average molecular weight is 255 g/mol. The van der Waals surface area contributed by atoms with Crippen LogP contribution in [0.5, 0.6) is 0 Å². The Balaban J connectivity index is 2.13. The summed E-state index contributed by atoms with van der Waals surface area (Å²) in [5.74, 6) is 0. The van der Waals surface area contributed by atoms with Gasteiger partial charge in [-0.3, -0.25) is 0 Å². The van der Waals surface area contributed by atoms with Gasteiger partial charge in [0.1, 0.15) is 0 Å². The minimum Gasteiger partial charge on any atom is -0.192 e. The summed E-state index contributed by atoms with van der Waals surface area (Å²) in [6, 6.07) is 19.5. The fraction of sp³-hybridized carbons (Fsp3) is 0. The molecule has 2 aromatic rings. The second kappa shape index (κ2) is 5.62. The van der Waals surface area contributed by atoms with E-state index in [0.29, 0.717) is 5.56 Å². The molecule has 0 spiro atoms. The van der Waals surface area contributed by atoms with Crippen LogP contribution in [0.1, 0.15) is 11.1 Å². The van der Waals surface area contributed by atoms with Crippen molar-refractivity contribution in [1.82, 2.24) is 0 Å². The van der Waals surface area contributed by atoms with Crippen LogP contribution >= 0.6 is 24.0 Å². The molecule has 0 aliphatic carbocycles. The maximum absolute atomic E-state index is 8.71. The standard InChI is InChI=1S/C14H9NS2/c15-10-11-6-8-12(9-7-11)14(16)17-13-4-2-1-3-5-13/h1-9H. The van der Waals surface area contributed by atoms with Gasteiger partial charge < -0.3 is 0 Å². The number of thiocarbonyl (C=S) groups is 1. The van der Waals surface area contributed by atoms with Gasteiger partial charge >= 0.3 is 0 Å². The second-order valence-electron chi connectivity index (χ2n) is 3.39. The minimum atomic E-state index is 0.654. The number of rotatable bonds is 2. The van der Waals surface area contributed by atoms with E-state index in [1.165, 1.54) is 0 Å². The molecule has 0 aliphatic rings. The molecule has 1 nitrogen and oxygen atoms in total. The molecule has 0 amide bonds. The van der Waals surface area contributed by atoms with Gasteiger partial charge in [-0.2, -0.15) is 5.26 Å². The first-order chi connectivity index (χ1) is 8.29. The molecule has 0 N–H and O–H groups in total. The third-order valence-electron chi connectivity index (χ3n) is 2.20. The van der Waals surface area contributed by atoms with Crippen LogP contribution < -0.4 is 0 Å². The predicted octanol–water partition coefficient (Wildman–Crippen LogP) is 4.03. The number of nitrogens with zero attached hydrogens (tertiary/aromatic N) is 1. The number of hydrogen-bond acceptors (Lipinski definition) is 3. The van der Waals surface area contributed by atoms with E-state index in [9.17, 15) is 0 Å². The topological polar surface area (TPSA) is 23.8 Å². The van der Waals surface area contributed by atoms with Crippen molar-refractivity contribution in [2.45, 2.75) is 4.90 Å². The zero-order chi connectivity index (χ0) is 12.1. The van der Waals surface area contributed by atoms with E-state index in [0.717, 1.165) is 14.7 Å². The molecule has 0 heterocycles. The van der Waals surface area contributed by atoms with Crippen LogP contribution in [0, 0.1) is 11.3 Å². The van der Waals surface area contributed by atoms with Gasteiger partial charge in [0, 0.05) is 4.90 Å². The van der Waals surface area contributed by atoms with Crippen LogP contribution in [0.25, 0.3) is 0 Å². The lowest BCUT2D eigenvalue weighted by molar-refractivity contribution is 1.47. The second-order valence-corrected chi connectivity index (χ2v) is 5.14. The molecule has 0 bridgehead atoms. The van der Waals surface area contributed by atoms with Crippen molar-refractivity contribution in [2.75, 3.05) is 0 Å². The van der Waals surface area contributed by atoms with E-state index < -0.39 is 0 Å². The van der Waals surface area contributed by atoms with Gasteiger partial charge in [-0.25, -0.2) is 0 Å². The zero-order valence-electron chi connectivity index (χ0n) is 8.96. The lowest BCUT2D eigenvalue weighted by Crippen LogP contribution is -1.91. The highest BCUT2D eigenvalue weighted by molar-refractivity contribution is 8.23. The summed E-state index contributed by atoms with van der Waals surface area (Å²) >= 11 is 6.92. The van der Waals surface area contributed by atoms with Crippen LogP contribution in [-0.4, -0.2) is 4.20 Å². The Bertz CT molecular complexity index is 553. The van der Waals surface area contributed by atoms with Crippen molar-refractivity contribution < 1.29 is 0 Å². The third kappa shape index (κ3) is 3.16. The molecule has 2 rings (SSSR count). The van der Waals surface area contributed by atoms with Crippen LogP contribution in [-0.2, 0) is 0 Å². The first kappa shape index (κ1) is 11.8. The van der Waals surface area contributed by atoms with E-state index in [1.54, 1.807) is 23.9 Å². The number of nitriles is 1. The lowest BCUT2D eigenvalue weighted by atomic mass is 10.2. The van der Waals surface area contributed by atoms with Gasteiger partial charge in [-0.1, -0.05) is 54.3 Å². The van der Waals surface area contributed by atoms with Crippen LogP contribution in [0.4, 0.5) is 0 Å². The van der Waals surface area contributed by atoms with Crippen LogP contribution in [0.3, 0.4) is 0 Å². The van der Waals surface area contributed by atoms with Gasteiger partial charge in [0.2, 0.25) is 0 Å². The number of thioether (sulfide) groups is 1. The van der Waals surface area contributed by atoms with Gasteiger partial charge in [0.15, 0.2) is 0 Å². The maximum Gasteiger partial charge on any atom is 0.0991 e. The summed E-state index contributed by atoms with van der Waals surface area (Å²) in [5, 5.41) is 8.71. The molecule has 0 aliphatic heterocycles. The molecular weight excluding hydrogens is 246 g/mol. The summed E-state index contributed by atoms with van der Waals surface area (Å²) in [7, 11) is 0. The predicted molar refractivity (Wildman–Crippen MR) is 75.2 cm³/mol. The largest absolute Gasteiger partial charge is 0.192 e. The van der Waals surface area contributed by atoms with Crippen molar-refractivity contribution in [3.05, 3.63) is 65.7 Å². The summed E-state index contributed by atoms with van der Waals surface area (Å²) in [4.78, 5) is 1.13. The first-order valence-electron chi connectivity index (χ1n) is 5.07. The molecule has 2 aromatic carbocycles. The highest BCUT2D eigenvalue weighted by Crippen LogP contribution is 2.23. The van der Waals surface area contributed by atoms with E-state index in [4.69, 9.17) is 17.5 Å². The first-order valence-corrected chi connectivity index (χ1v) is 6.29. The SMILES string of the molecule is N#Cc1ccc(C(=S)Sc2ccccc2)cc1. The van der Waals surface area contributed by atoms with Gasteiger partial charge in [-0.15, -0.1) is 0 Å². The van der Waals surface area contributed by atoms with Gasteiger partial charge in [0.05, 0.1) is 15.8 Å². The average Bonchev–Trinajstić information content (AvgIpc) is 2.40. The molecule has 0 unspecified atom stereocenters. The third-order valence-corrected chi connectivity index (χ3v) is 3.62. The van der Waals surface area contributed by atoms with Crippen molar-refractivity contribution in [1.29, 1.82) is 5.26 Å². The van der Waals surface area contributed by atoms with Crippen molar-refractivity contribution in [2.24, 2.45) is 0 Å². The summed E-state index contributed by atoms with van der Waals surface area (Å²) in [6.07, 6.45) is 0. The summed E-state index contributed by atoms with van der Waals surface area (Å²) < 4.78 is 0.820. The van der Waals surface area contributed by atoms with Crippen LogP contribution in [0.15, 0.2) is 59.5 Å². The maximum atomic E-state index is 8.71. The van der Waals surface area contributed by atoms with Crippen molar-refractivity contribution in [3.8, 4) is 6.07 Å². The van der Waals surface area contributed by atoms with Crippen molar-refractivity contribution >= 4 is 28.2 Å². The quantitative estimate of drug-likeness (QED) is 0.598. The molecule has 0 saturated heterocycles. The highest BCUT2D eigenvalue weighted by atomic mass is 32.2. The Morgan fingerprint density at radius 3 is 2.24 bits per heavy atom. The molecule has 0 atom stereocenters. The van der Waals surface area contributed by atoms with Gasteiger partial charge in [0.25, 0.3) is 0 Å². The Kier molecular flexibility index (Phi) is 3.92. The normalized spacial score (nSPS) is 9.59. The molecule has 0 aromatic heterocycles. The Morgan fingerprint density at radius 1 is 1.00 bits per heavy atom. The Labute approximate surface area is 110 Å². The van der Waals surface area contributed by atoms with Gasteiger partial charge in [-0.05, 0) is 29.8 Å². The Hall–Kier alpha value is -1.63. The zero-order valence-corrected chi connectivity index (χ0v) is 10.6. The summed E-state index contributed by atoms with van der Waals surface area (Å²) in [5.41, 5.74) is 1.63. The molecule has 0 saturated carbocycles. The number of hydrogen-bond donors (Lipinski definition) is 0. The highest BCUT2D eigenvalue weighted by Gasteiger charge is 2.03. The smallest absolute Gasteiger partial charge is 0.0991 e. The van der Waals surface area contributed by atoms with Crippen LogP contribution in [0.2, 0.25) is 0 Å². The molecule has 3 heteroatoms. The molecule has 82 valence electrons. The van der Waals surface area contributed by atoms with Crippen molar-refractivity contribution in [3.63, 3.8) is 0 Å². The molecule has 17 heavy (non-hydrogen) atoms. The fourth-order valence-corrected chi connectivity index (χ4v) is 2.52.